The lowest BCUT2D eigenvalue weighted by molar-refractivity contribution is -0.139. The first-order valence-electron chi connectivity index (χ1n) is 12.7. The Labute approximate surface area is 233 Å². The molecule has 1 aliphatic heterocycles. The monoisotopic (exact) mass is 558 g/mol. The van der Waals surface area contributed by atoms with Crippen LogP contribution in [-0.2, 0) is 9.53 Å². The largest absolute Gasteiger partial charge is 0.490 e. The van der Waals surface area contributed by atoms with Gasteiger partial charge in [-0.15, -0.1) is 0 Å². The summed E-state index contributed by atoms with van der Waals surface area (Å²) in [6, 6.07) is 16.8. The summed E-state index contributed by atoms with van der Waals surface area (Å²) in [5, 5.41) is 0. The van der Waals surface area contributed by atoms with Gasteiger partial charge in [-0.1, -0.05) is 47.7 Å². The van der Waals surface area contributed by atoms with Crippen LogP contribution < -0.4 is 24.4 Å². The van der Waals surface area contributed by atoms with Gasteiger partial charge in [-0.05, 0) is 62.2 Å². The quantitative estimate of drug-likeness (QED) is 0.237. The van der Waals surface area contributed by atoms with Crippen molar-refractivity contribution in [3.8, 4) is 11.5 Å². The van der Waals surface area contributed by atoms with E-state index in [1.807, 2.05) is 37.3 Å². The molecule has 4 aromatic rings. The summed E-state index contributed by atoms with van der Waals surface area (Å²) in [4.78, 5) is 44.2. The van der Waals surface area contributed by atoms with Gasteiger partial charge in [-0.3, -0.25) is 9.36 Å². The molecular formula is C30H26N2O7S. The van der Waals surface area contributed by atoms with Crippen LogP contribution in [0.4, 0.5) is 0 Å². The third-order valence-electron chi connectivity index (χ3n) is 6.12. The Morgan fingerprint density at radius 3 is 2.52 bits per heavy atom. The Balaban J connectivity index is 1.58. The van der Waals surface area contributed by atoms with Crippen LogP contribution in [0.1, 0.15) is 48.5 Å². The number of carbonyl (C=O) groups excluding carboxylic acids is 2. The molecule has 0 N–H and O–H groups in total. The van der Waals surface area contributed by atoms with Crippen LogP contribution in [0.25, 0.3) is 6.08 Å². The van der Waals surface area contributed by atoms with Crippen molar-refractivity contribution >= 4 is 29.4 Å². The SMILES string of the molecule is CCOC(=O)C1=C(C)N=c2sc(=Cc3ccc(OC(=O)c4ccco4)c(OCC)c3)c(=O)n2C1c1ccccc1. The van der Waals surface area contributed by atoms with Crippen LogP contribution in [-0.4, -0.2) is 29.7 Å². The van der Waals surface area contributed by atoms with Crippen LogP contribution in [0.3, 0.4) is 0 Å². The number of allylic oxidation sites excluding steroid dienone is 1. The van der Waals surface area contributed by atoms with Crippen LogP contribution in [0, 0.1) is 0 Å². The summed E-state index contributed by atoms with van der Waals surface area (Å²) in [5.74, 6) is -0.529. The zero-order chi connectivity index (χ0) is 28.2. The van der Waals surface area contributed by atoms with Crippen LogP contribution in [0.15, 0.2) is 92.4 Å². The number of carbonyl (C=O) groups is 2. The molecule has 1 atom stereocenters. The molecule has 0 bridgehead atoms. The van der Waals surface area contributed by atoms with Crippen molar-refractivity contribution in [1.82, 2.24) is 4.57 Å². The molecule has 0 spiro atoms. The molecule has 204 valence electrons. The van der Waals surface area contributed by atoms with E-state index in [9.17, 15) is 14.4 Å². The van der Waals surface area contributed by atoms with E-state index >= 15 is 0 Å². The molecular weight excluding hydrogens is 532 g/mol. The van der Waals surface area contributed by atoms with E-state index in [0.717, 1.165) is 5.56 Å². The van der Waals surface area contributed by atoms with Gasteiger partial charge in [-0.2, -0.15) is 0 Å². The molecule has 0 amide bonds. The number of thiazole rings is 1. The number of furan rings is 1. The number of fused-ring (bicyclic) bond motifs is 1. The van der Waals surface area contributed by atoms with Crippen molar-refractivity contribution < 1.29 is 28.2 Å². The van der Waals surface area contributed by atoms with E-state index < -0.39 is 18.0 Å². The van der Waals surface area contributed by atoms with Crippen LogP contribution >= 0.6 is 11.3 Å². The van der Waals surface area contributed by atoms with Gasteiger partial charge in [0.25, 0.3) is 5.56 Å². The topological polar surface area (TPSA) is 109 Å². The second kappa shape index (κ2) is 11.6. The number of aromatic nitrogens is 1. The van der Waals surface area contributed by atoms with E-state index in [2.05, 4.69) is 4.99 Å². The average Bonchev–Trinajstić information content (AvgIpc) is 3.59. The van der Waals surface area contributed by atoms with E-state index in [4.69, 9.17) is 18.6 Å². The normalized spacial score (nSPS) is 14.9. The van der Waals surface area contributed by atoms with Crippen LogP contribution in [0.2, 0.25) is 0 Å². The average molecular weight is 559 g/mol. The maximum atomic E-state index is 13.8. The molecule has 2 aromatic carbocycles. The van der Waals surface area contributed by atoms with E-state index in [1.54, 1.807) is 44.2 Å². The lowest BCUT2D eigenvalue weighted by Crippen LogP contribution is -2.39. The van der Waals surface area contributed by atoms with Gasteiger partial charge in [0.1, 0.15) is 0 Å². The lowest BCUT2D eigenvalue weighted by atomic mass is 9.96. The molecule has 9 nitrogen and oxygen atoms in total. The molecule has 1 aliphatic rings. The molecule has 2 aromatic heterocycles. The molecule has 0 fully saturated rings. The Kier molecular flexibility index (Phi) is 7.79. The highest BCUT2D eigenvalue weighted by atomic mass is 32.1. The molecule has 10 heteroatoms. The van der Waals surface area contributed by atoms with Gasteiger partial charge in [0.05, 0.1) is 41.3 Å². The third kappa shape index (κ3) is 5.26. The minimum absolute atomic E-state index is 0.0677. The van der Waals surface area contributed by atoms with E-state index in [1.165, 1.54) is 28.2 Å². The van der Waals surface area contributed by atoms with E-state index in [0.29, 0.717) is 38.5 Å². The summed E-state index contributed by atoms with van der Waals surface area (Å²) in [6.45, 7) is 5.84. The lowest BCUT2D eigenvalue weighted by Gasteiger charge is -2.24. The first-order valence-corrected chi connectivity index (χ1v) is 13.5. The number of rotatable bonds is 8. The van der Waals surface area contributed by atoms with Crippen molar-refractivity contribution in [1.29, 1.82) is 0 Å². The minimum atomic E-state index is -0.680. The summed E-state index contributed by atoms with van der Waals surface area (Å²) < 4.78 is 23.6. The van der Waals surface area contributed by atoms with Crippen molar-refractivity contribution in [2.75, 3.05) is 13.2 Å². The summed E-state index contributed by atoms with van der Waals surface area (Å²) in [5.41, 5.74) is 1.96. The van der Waals surface area contributed by atoms with Gasteiger partial charge in [-0.25, -0.2) is 14.6 Å². The number of benzene rings is 2. The Morgan fingerprint density at radius 1 is 1.02 bits per heavy atom. The van der Waals surface area contributed by atoms with Gasteiger partial charge >= 0.3 is 11.9 Å². The number of esters is 2. The molecule has 0 saturated carbocycles. The fraction of sp³-hybridized carbons (Fsp3) is 0.200. The standard InChI is InChI=1S/C30H26N2O7S/c1-4-36-23-16-19(13-14-21(23)39-28(34)22-12-9-15-38-22)17-24-27(33)32-26(20-10-7-6-8-11-20)25(29(35)37-5-2)18(3)31-30(32)40-24/h6-17,26H,4-5H2,1-3H3. The van der Waals surface area contributed by atoms with Crippen molar-refractivity contribution in [3.63, 3.8) is 0 Å². The molecule has 1 unspecified atom stereocenters. The zero-order valence-electron chi connectivity index (χ0n) is 22.1. The number of nitrogens with zero attached hydrogens (tertiary/aromatic N) is 2. The Hall–Kier alpha value is -4.70. The van der Waals surface area contributed by atoms with E-state index in [-0.39, 0.29) is 23.7 Å². The highest BCUT2D eigenvalue weighted by molar-refractivity contribution is 7.07. The molecule has 5 rings (SSSR count). The minimum Gasteiger partial charge on any atom is -0.490 e. The predicted octanol–water partition coefficient (Wildman–Crippen LogP) is 4.01. The third-order valence-corrected chi connectivity index (χ3v) is 7.11. The number of hydrogen-bond donors (Lipinski definition) is 0. The van der Waals surface area contributed by atoms with Crippen molar-refractivity contribution in [2.24, 2.45) is 4.99 Å². The molecule has 0 radical (unpaired) electrons. The highest BCUT2D eigenvalue weighted by Gasteiger charge is 2.33. The highest BCUT2D eigenvalue weighted by Crippen LogP contribution is 2.31. The fourth-order valence-corrected chi connectivity index (χ4v) is 5.45. The fourth-order valence-electron chi connectivity index (χ4n) is 4.41. The second-order valence-electron chi connectivity index (χ2n) is 8.72. The van der Waals surface area contributed by atoms with Crippen molar-refractivity contribution in [3.05, 3.63) is 115 Å². The molecule has 0 aliphatic carbocycles. The van der Waals surface area contributed by atoms with Gasteiger partial charge in [0.15, 0.2) is 16.3 Å². The molecule has 3 heterocycles. The van der Waals surface area contributed by atoms with Gasteiger partial charge in [0.2, 0.25) is 5.76 Å². The number of ether oxygens (including phenoxy) is 3. The smallest absolute Gasteiger partial charge is 0.379 e. The predicted molar refractivity (Wildman–Crippen MR) is 148 cm³/mol. The van der Waals surface area contributed by atoms with Crippen molar-refractivity contribution in [2.45, 2.75) is 26.8 Å². The van der Waals surface area contributed by atoms with Gasteiger partial charge < -0.3 is 18.6 Å². The zero-order valence-corrected chi connectivity index (χ0v) is 22.9. The number of hydrogen-bond acceptors (Lipinski definition) is 9. The first-order chi connectivity index (χ1) is 19.4. The van der Waals surface area contributed by atoms with Gasteiger partial charge in [0, 0.05) is 0 Å². The Bertz CT molecular complexity index is 1770. The Morgan fingerprint density at radius 2 is 1.82 bits per heavy atom. The molecule has 0 saturated heterocycles. The second-order valence-corrected chi connectivity index (χ2v) is 9.73. The molecule has 40 heavy (non-hydrogen) atoms. The maximum Gasteiger partial charge on any atom is 0.379 e. The maximum absolute atomic E-state index is 13.8. The summed E-state index contributed by atoms with van der Waals surface area (Å²) in [6.07, 6.45) is 3.11. The summed E-state index contributed by atoms with van der Waals surface area (Å²) in [7, 11) is 0. The summed E-state index contributed by atoms with van der Waals surface area (Å²) >= 11 is 1.22. The first kappa shape index (κ1) is 26.9. The van der Waals surface area contributed by atoms with Crippen LogP contribution in [0.5, 0.6) is 11.5 Å².